The number of fused-ring (bicyclic) bond motifs is 2. The van der Waals surface area contributed by atoms with E-state index in [1.165, 1.54) is 17.2 Å². The minimum atomic E-state index is -0.645. The van der Waals surface area contributed by atoms with Gasteiger partial charge < -0.3 is 31.1 Å². The molecule has 2 atom stereocenters. The lowest BCUT2D eigenvalue weighted by Crippen LogP contribution is -2.35. The number of nitrogens with zero attached hydrogens (tertiary/aromatic N) is 1. The molecule has 0 aliphatic rings. The van der Waals surface area contributed by atoms with Gasteiger partial charge in [-0.1, -0.05) is 114 Å². The number of benzene rings is 5. The van der Waals surface area contributed by atoms with E-state index in [9.17, 15) is 14.9 Å². The number of hydrogen-bond donors (Lipinski definition) is 5. The molecule has 288 valence electrons. The van der Waals surface area contributed by atoms with Crippen LogP contribution in [0.4, 0.5) is 16.2 Å². The highest BCUT2D eigenvalue weighted by Crippen LogP contribution is 2.33. The van der Waals surface area contributed by atoms with Crippen molar-refractivity contribution in [3.05, 3.63) is 176 Å². The largest absolute Gasteiger partial charge is 0.444 e. The predicted octanol–water partition coefficient (Wildman–Crippen LogP) is 11.2. The Bertz CT molecular complexity index is 2410. The SMILES string of the molecule is CC(C)(C)OC(=O)N[C@H](Cc1ccccc1)c1cc2cc(Cl)cc([N+](=O)[O-])c2[nH]1.N[C@H](Cc1ccccc1)c1cc2cc(Cl)cc(NCc3ccccc3)c2[nH]1. The van der Waals surface area contributed by atoms with Crippen molar-refractivity contribution in [1.82, 2.24) is 15.3 Å². The van der Waals surface area contributed by atoms with Crippen LogP contribution in [-0.4, -0.2) is 26.6 Å². The number of non-ortho nitro benzene ring substituents is 1. The van der Waals surface area contributed by atoms with Crippen LogP contribution in [0.1, 0.15) is 60.9 Å². The first kappa shape index (κ1) is 39.9. The van der Waals surface area contributed by atoms with E-state index in [1.54, 1.807) is 32.9 Å². The van der Waals surface area contributed by atoms with Gasteiger partial charge in [0, 0.05) is 50.9 Å². The van der Waals surface area contributed by atoms with E-state index in [0.29, 0.717) is 28.0 Å². The number of nitro groups is 1. The minimum absolute atomic E-state index is 0.0967. The number of H-pyrrole nitrogens is 2. The Morgan fingerprint density at radius 1 is 0.750 bits per heavy atom. The van der Waals surface area contributed by atoms with Crippen LogP contribution in [0.15, 0.2) is 127 Å². The van der Waals surface area contributed by atoms with Crippen LogP contribution < -0.4 is 16.4 Å². The Morgan fingerprint density at radius 2 is 1.27 bits per heavy atom. The molecule has 0 unspecified atom stereocenters. The van der Waals surface area contributed by atoms with Crippen molar-refractivity contribution >= 4 is 62.5 Å². The number of alkyl carbamates (subject to hydrolysis) is 1. The quantitative estimate of drug-likeness (QED) is 0.0650. The summed E-state index contributed by atoms with van der Waals surface area (Å²) in [6.07, 6.45) is 0.701. The number of carbonyl (C=O) groups excluding carboxylic acids is 1. The van der Waals surface area contributed by atoms with Crippen molar-refractivity contribution in [2.75, 3.05) is 5.32 Å². The lowest BCUT2D eigenvalue weighted by molar-refractivity contribution is -0.383. The van der Waals surface area contributed by atoms with E-state index < -0.39 is 22.7 Å². The zero-order valence-electron chi connectivity index (χ0n) is 31.3. The molecule has 0 saturated heterocycles. The normalized spacial score (nSPS) is 12.4. The number of anilines is 1. The van der Waals surface area contributed by atoms with Crippen LogP contribution in [0.3, 0.4) is 0 Å². The number of nitro benzene ring substituents is 1. The van der Waals surface area contributed by atoms with E-state index in [2.05, 4.69) is 50.9 Å². The number of rotatable bonds is 11. The summed E-state index contributed by atoms with van der Waals surface area (Å²) < 4.78 is 5.39. The third kappa shape index (κ3) is 10.7. The van der Waals surface area contributed by atoms with Gasteiger partial charge in [-0.25, -0.2) is 4.79 Å². The Kier molecular flexibility index (Phi) is 12.6. The second-order valence-electron chi connectivity index (χ2n) is 14.5. The zero-order valence-corrected chi connectivity index (χ0v) is 32.8. The van der Waals surface area contributed by atoms with Crippen molar-refractivity contribution in [3.63, 3.8) is 0 Å². The number of aromatic amines is 2. The van der Waals surface area contributed by atoms with Gasteiger partial charge in [0.25, 0.3) is 5.69 Å². The molecule has 0 saturated carbocycles. The summed E-state index contributed by atoms with van der Waals surface area (Å²) in [6.45, 7) is 6.09. The van der Waals surface area contributed by atoms with Crippen molar-refractivity contribution < 1.29 is 14.5 Å². The van der Waals surface area contributed by atoms with Gasteiger partial charge in [0.15, 0.2) is 0 Å². The first-order chi connectivity index (χ1) is 26.8. The molecule has 0 aliphatic carbocycles. The number of carbonyl (C=O) groups is 1. The van der Waals surface area contributed by atoms with Crippen LogP contribution in [0.2, 0.25) is 10.0 Å². The van der Waals surface area contributed by atoms with Crippen LogP contribution >= 0.6 is 23.2 Å². The van der Waals surface area contributed by atoms with Gasteiger partial charge >= 0.3 is 6.09 Å². The number of hydrogen-bond acceptors (Lipinski definition) is 6. The van der Waals surface area contributed by atoms with Gasteiger partial charge in [0.1, 0.15) is 11.1 Å². The Morgan fingerprint density at radius 3 is 1.86 bits per heavy atom. The van der Waals surface area contributed by atoms with Gasteiger partial charge in [-0.05, 0) is 80.6 Å². The molecule has 2 heterocycles. The molecule has 0 aliphatic heterocycles. The second kappa shape index (κ2) is 17.8. The number of amides is 1. The van der Waals surface area contributed by atoms with Crippen molar-refractivity contribution in [3.8, 4) is 0 Å². The van der Waals surface area contributed by atoms with Crippen LogP contribution in [0.5, 0.6) is 0 Å². The van der Waals surface area contributed by atoms with Crippen LogP contribution in [0, 0.1) is 10.1 Å². The lowest BCUT2D eigenvalue weighted by Gasteiger charge is -2.23. The van der Waals surface area contributed by atoms with Gasteiger partial charge in [0.05, 0.1) is 22.2 Å². The van der Waals surface area contributed by atoms with Gasteiger partial charge in [-0.3, -0.25) is 10.1 Å². The second-order valence-corrected chi connectivity index (χ2v) is 15.4. The minimum Gasteiger partial charge on any atom is -0.444 e. The average Bonchev–Trinajstić information content (AvgIpc) is 3.79. The fraction of sp³-hybridized carbons (Fsp3) is 0.205. The summed E-state index contributed by atoms with van der Waals surface area (Å²) in [7, 11) is 0. The molecule has 6 N–H and O–H groups in total. The molecular formula is C44H44Cl2N6O4. The summed E-state index contributed by atoms with van der Waals surface area (Å²) in [4.78, 5) is 29.9. The summed E-state index contributed by atoms with van der Waals surface area (Å²) in [5, 5.41) is 20.4. The highest BCUT2D eigenvalue weighted by atomic mass is 35.5. The molecule has 7 rings (SSSR count). The topological polar surface area (TPSA) is 151 Å². The average molecular weight is 792 g/mol. The number of nitrogens with two attached hydrogens (primary N) is 1. The molecule has 0 spiro atoms. The maximum atomic E-state index is 12.4. The van der Waals surface area contributed by atoms with Crippen molar-refractivity contribution in [1.29, 1.82) is 0 Å². The highest BCUT2D eigenvalue weighted by molar-refractivity contribution is 6.32. The first-order valence-electron chi connectivity index (χ1n) is 18.2. The van der Waals surface area contributed by atoms with E-state index >= 15 is 0 Å². The molecule has 10 nitrogen and oxygen atoms in total. The molecule has 7 aromatic rings. The molecule has 0 radical (unpaired) electrons. The zero-order chi connectivity index (χ0) is 39.8. The maximum absolute atomic E-state index is 12.4. The predicted molar refractivity (Wildman–Crippen MR) is 226 cm³/mol. The standard InChI is InChI=1S/C23H22ClN3.C21H22ClN3O4/c24-19-12-18-13-21(20(25)11-16-7-3-1-4-8-16)27-23(18)22(14-19)26-15-17-9-5-2-6-10-17;1-21(2,3)29-20(26)24-16(9-13-7-5-4-6-8-13)17-11-14-10-15(22)12-18(25(27)28)19(14)23-17/h1-10,12-14,20,26-27H,11,15,25H2;4-8,10-12,16,23H,9H2,1-3H3,(H,24,26)/t20-;16-/m11/s1. The number of aromatic nitrogens is 2. The number of halogens is 2. The highest BCUT2D eigenvalue weighted by Gasteiger charge is 2.24. The van der Waals surface area contributed by atoms with Crippen molar-refractivity contribution in [2.45, 2.75) is 57.8 Å². The fourth-order valence-corrected chi connectivity index (χ4v) is 6.87. The van der Waals surface area contributed by atoms with E-state index in [-0.39, 0.29) is 16.8 Å². The fourth-order valence-electron chi connectivity index (χ4n) is 6.42. The van der Waals surface area contributed by atoms with Crippen LogP contribution in [-0.2, 0) is 24.1 Å². The maximum Gasteiger partial charge on any atom is 0.408 e. The molecule has 2 aromatic heterocycles. The summed E-state index contributed by atoms with van der Waals surface area (Å²) in [6, 6.07) is 40.4. The Hall–Kier alpha value is -5.81. The molecule has 5 aromatic carbocycles. The smallest absolute Gasteiger partial charge is 0.408 e. The van der Waals surface area contributed by atoms with Gasteiger partial charge in [-0.15, -0.1) is 0 Å². The third-order valence-corrected chi connectivity index (χ3v) is 9.41. The lowest BCUT2D eigenvalue weighted by atomic mass is 10.0. The Balaban J connectivity index is 0.000000190. The van der Waals surface area contributed by atoms with Gasteiger partial charge in [0.2, 0.25) is 0 Å². The van der Waals surface area contributed by atoms with Gasteiger partial charge in [-0.2, -0.15) is 0 Å². The molecular weight excluding hydrogens is 747 g/mol. The summed E-state index contributed by atoms with van der Waals surface area (Å²) >= 11 is 12.4. The van der Waals surface area contributed by atoms with E-state index in [1.807, 2.05) is 78.9 Å². The van der Waals surface area contributed by atoms with Crippen molar-refractivity contribution in [2.24, 2.45) is 5.73 Å². The van der Waals surface area contributed by atoms with Crippen LogP contribution in [0.25, 0.3) is 21.8 Å². The Labute approximate surface area is 335 Å². The van der Waals surface area contributed by atoms with E-state index in [4.69, 9.17) is 33.7 Å². The summed E-state index contributed by atoms with van der Waals surface area (Å²) in [5.74, 6) is 0. The first-order valence-corrected chi connectivity index (χ1v) is 19.0. The molecule has 0 bridgehead atoms. The molecule has 56 heavy (non-hydrogen) atoms. The number of ether oxygens (including phenoxy) is 1. The monoisotopic (exact) mass is 790 g/mol. The molecule has 12 heteroatoms. The molecule has 1 amide bonds. The summed E-state index contributed by atoms with van der Waals surface area (Å²) in [5.41, 5.74) is 13.2. The third-order valence-electron chi connectivity index (χ3n) is 8.98. The van der Waals surface area contributed by atoms with E-state index in [0.717, 1.165) is 40.8 Å². The molecule has 0 fully saturated rings. The number of nitrogens with one attached hydrogen (secondary N) is 4.